The molecule has 0 bridgehead atoms. The SMILES string of the molecule is COc1ccc([N+](=O)[O-])cc1NC(C)C1(C)CC1. The van der Waals surface area contributed by atoms with Crippen LogP contribution in [0.25, 0.3) is 0 Å². The number of ether oxygens (including phenoxy) is 1. The predicted octanol–water partition coefficient (Wildman–Crippen LogP) is 3.20. The van der Waals surface area contributed by atoms with Gasteiger partial charge < -0.3 is 10.1 Å². The molecule has 1 aromatic carbocycles. The van der Waals surface area contributed by atoms with Crippen molar-refractivity contribution in [2.75, 3.05) is 12.4 Å². The fraction of sp³-hybridized carbons (Fsp3) is 0.538. The molecule has 0 radical (unpaired) electrons. The lowest BCUT2D eigenvalue weighted by molar-refractivity contribution is -0.384. The Morgan fingerprint density at radius 2 is 2.17 bits per heavy atom. The normalized spacial score (nSPS) is 17.9. The van der Waals surface area contributed by atoms with Crippen LogP contribution in [0.4, 0.5) is 11.4 Å². The van der Waals surface area contributed by atoms with Gasteiger partial charge in [-0.25, -0.2) is 0 Å². The number of non-ortho nitro benzene ring substituents is 1. The van der Waals surface area contributed by atoms with Crippen LogP contribution in [-0.2, 0) is 0 Å². The molecule has 5 nitrogen and oxygen atoms in total. The van der Waals surface area contributed by atoms with Gasteiger partial charge in [0, 0.05) is 18.2 Å². The molecular weight excluding hydrogens is 232 g/mol. The number of nitrogens with one attached hydrogen (secondary N) is 1. The van der Waals surface area contributed by atoms with Crippen LogP contribution in [0.1, 0.15) is 26.7 Å². The van der Waals surface area contributed by atoms with Gasteiger partial charge >= 0.3 is 0 Å². The van der Waals surface area contributed by atoms with Crippen molar-refractivity contribution in [2.45, 2.75) is 32.7 Å². The van der Waals surface area contributed by atoms with Gasteiger partial charge in [-0.15, -0.1) is 0 Å². The van der Waals surface area contributed by atoms with Crippen LogP contribution < -0.4 is 10.1 Å². The molecule has 1 atom stereocenters. The molecule has 0 saturated heterocycles. The highest BCUT2D eigenvalue weighted by molar-refractivity contribution is 5.62. The molecule has 1 N–H and O–H groups in total. The van der Waals surface area contributed by atoms with Gasteiger partial charge in [-0.05, 0) is 31.2 Å². The third-order valence-corrected chi connectivity index (χ3v) is 3.85. The summed E-state index contributed by atoms with van der Waals surface area (Å²) in [5, 5.41) is 14.1. The standard InChI is InChI=1S/C13H18N2O3/c1-9(13(2)6-7-13)14-11-8-10(15(16)17)4-5-12(11)18-3/h4-5,8-9,14H,6-7H2,1-3H3. The summed E-state index contributed by atoms with van der Waals surface area (Å²) in [5.74, 6) is 0.636. The molecule has 1 aromatic rings. The van der Waals surface area contributed by atoms with Gasteiger partial charge in [0.15, 0.2) is 0 Å². The third-order valence-electron chi connectivity index (χ3n) is 3.85. The van der Waals surface area contributed by atoms with Crippen molar-refractivity contribution in [3.63, 3.8) is 0 Å². The average molecular weight is 250 g/mol. The molecule has 1 unspecified atom stereocenters. The third kappa shape index (κ3) is 2.39. The van der Waals surface area contributed by atoms with Gasteiger partial charge in [-0.3, -0.25) is 10.1 Å². The van der Waals surface area contributed by atoms with E-state index in [4.69, 9.17) is 4.74 Å². The van der Waals surface area contributed by atoms with Crippen molar-refractivity contribution in [1.29, 1.82) is 0 Å². The fourth-order valence-corrected chi connectivity index (χ4v) is 1.96. The predicted molar refractivity (Wildman–Crippen MR) is 70.1 cm³/mol. The Morgan fingerprint density at radius 1 is 1.50 bits per heavy atom. The van der Waals surface area contributed by atoms with E-state index in [9.17, 15) is 10.1 Å². The molecule has 0 spiro atoms. The van der Waals surface area contributed by atoms with E-state index in [0.29, 0.717) is 16.9 Å². The van der Waals surface area contributed by atoms with Crippen molar-refractivity contribution in [1.82, 2.24) is 0 Å². The molecule has 98 valence electrons. The summed E-state index contributed by atoms with van der Waals surface area (Å²) < 4.78 is 5.23. The lowest BCUT2D eigenvalue weighted by Crippen LogP contribution is -2.25. The molecule has 1 fully saturated rings. The lowest BCUT2D eigenvalue weighted by atomic mass is 10.0. The van der Waals surface area contributed by atoms with Crippen LogP contribution >= 0.6 is 0 Å². The largest absolute Gasteiger partial charge is 0.495 e. The lowest BCUT2D eigenvalue weighted by Gasteiger charge is -2.22. The van der Waals surface area contributed by atoms with E-state index in [1.54, 1.807) is 13.2 Å². The number of anilines is 1. The number of hydrogen-bond donors (Lipinski definition) is 1. The van der Waals surface area contributed by atoms with Gasteiger partial charge in [0.2, 0.25) is 0 Å². The highest BCUT2D eigenvalue weighted by atomic mass is 16.6. The Morgan fingerprint density at radius 3 is 2.67 bits per heavy atom. The van der Waals surface area contributed by atoms with Gasteiger partial charge in [0.25, 0.3) is 5.69 Å². The molecule has 18 heavy (non-hydrogen) atoms. The van der Waals surface area contributed by atoms with Gasteiger partial charge in [0.05, 0.1) is 17.7 Å². The topological polar surface area (TPSA) is 64.4 Å². The Balaban J connectivity index is 2.23. The van der Waals surface area contributed by atoms with Gasteiger partial charge in [-0.2, -0.15) is 0 Å². The van der Waals surface area contributed by atoms with Gasteiger partial charge in [0.1, 0.15) is 5.75 Å². The number of nitrogens with zero attached hydrogens (tertiary/aromatic N) is 1. The van der Waals surface area contributed by atoms with Crippen LogP contribution in [0, 0.1) is 15.5 Å². The maximum Gasteiger partial charge on any atom is 0.271 e. The van der Waals surface area contributed by atoms with Crippen molar-refractivity contribution >= 4 is 11.4 Å². The minimum absolute atomic E-state index is 0.0754. The van der Waals surface area contributed by atoms with Crippen molar-refractivity contribution in [3.05, 3.63) is 28.3 Å². The van der Waals surface area contributed by atoms with E-state index < -0.39 is 4.92 Å². The molecule has 0 heterocycles. The first-order valence-electron chi connectivity index (χ1n) is 6.05. The summed E-state index contributed by atoms with van der Waals surface area (Å²) in [5.41, 5.74) is 1.06. The van der Waals surface area contributed by atoms with Crippen LogP contribution in [0.3, 0.4) is 0 Å². The molecule has 0 aliphatic heterocycles. The zero-order valence-corrected chi connectivity index (χ0v) is 10.9. The zero-order chi connectivity index (χ0) is 13.3. The van der Waals surface area contributed by atoms with E-state index >= 15 is 0 Å². The van der Waals surface area contributed by atoms with Crippen LogP contribution in [0.5, 0.6) is 5.75 Å². The quantitative estimate of drug-likeness (QED) is 0.643. The average Bonchev–Trinajstić information content (AvgIpc) is 3.08. The maximum absolute atomic E-state index is 10.8. The summed E-state index contributed by atoms with van der Waals surface area (Å²) >= 11 is 0. The van der Waals surface area contributed by atoms with E-state index in [1.165, 1.54) is 25.0 Å². The molecule has 1 aliphatic rings. The molecule has 0 aromatic heterocycles. The second kappa shape index (κ2) is 4.48. The summed E-state index contributed by atoms with van der Waals surface area (Å²) in [6, 6.07) is 4.88. The number of rotatable bonds is 5. The fourth-order valence-electron chi connectivity index (χ4n) is 1.96. The zero-order valence-electron chi connectivity index (χ0n) is 10.9. The van der Waals surface area contributed by atoms with Crippen LogP contribution in [0.15, 0.2) is 18.2 Å². The minimum atomic E-state index is -0.395. The van der Waals surface area contributed by atoms with E-state index in [0.717, 1.165) is 0 Å². The summed E-state index contributed by atoms with van der Waals surface area (Å²) in [6.07, 6.45) is 2.39. The Bertz CT molecular complexity index is 469. The maximum atomic E-state index is 10.8. The number of nitro groups is 1. The number of methoxy groups -OCH3 is 1. The molecular formula is C13H18N2O3. The summed E-state index contributed by atoms with van der Waals surface area (Å²) in [7, 11) is 1.57. The number of nitro benzene ring substituents is 1. The van der Waals surface area contributed by atoms with Crippen molar-refractivity contribution < 1.29 is 9.66 Å². The molecule has 2 rings (SSSR count). The highest BCUT2D eigenvalue weighted by Crippen LogP contribution is 2.49. The molecule has 0 amide bonds. The van der Waals surface area contributed by atoms with Crippen LogP contribution in [-0.4, -0.2) is 18.1 Å². The number of hydrogen-bond acceptors (Lipinski definition) is 4. The van der Waals surface area contributed by atoms with Crippen molar-refractivity contribution in [2.24, 2.45) is 5.41 Å². The molecule has 1 saturated carbocycles. The minimum Gasteiger partial charge on any atom is -0.495 e. The number of benzene rings is 1. The second-order valence-electron chi connectivity index (χ2n) is 5.16. The first-order chi connectivity index (χ1) is 8.46. The Hall–Kier alpha value is -1.78. The highest BCUT2D eigenvalue weighted by Gasteiger charge is 2.42. The van der Waals surface area contributed by atoms with Crippen molar-refractivity contribution in [3.8, 4) is 5.75 Å². The Kier molecular flexibility index (Phi) is 3.15. The Labute approximate surface area is 106 Å². The summed E-state index contributed by atoms with van der Waals surface area (Å²) in [4.78, 5) is 10.4. The van der Waals surface area contributed by atoms with Gasteiger partial charge in [-0.1, -0.05) is 6.92 Å². The first kappa shape index (κ1) is 12.7. The molecule has 1 aliphatic carbocycles. The van der Waals surface area contributed by atoms with E-state index in [2.05, 4.69) is 19.2 Å². The first-order valence-corrected chi connectivity index (χ1v) is 6.05. The second-order valence-corrected chi connectivity index (χ2v) is 5.16. The summed E-state index contributed by atoms with van der Waals surface area (Å²) in [6.45, 7) is 4.32. The smallest absolute Gasteiger partial charge is 0.271 e. The molecule has 5 heteroatoms. The monoisotopic (exact) mass is 250 g/mol. The van der Waals surface area contributed by atoms with Crippen LogP contribution in [0.2, 0.25) is 0 Å². The van der Waals surface area contributed by atoms with E-state index in [1.807, 2.05) is 0 Å². The van der Waals surface area contributed by atoms with E-state index in [-0.39, 0.29) is 11.7 Å².